The van der Waals surface area contributed by atoms with E-state index in [1.807, 2.05) is 0 Å². The Morgan fingerprint density at radius 3 is 2.64 bits per heavy atom. The van der Waals surface area contributed by atoms with Gasteiger partial charge in [0.25, 0.3) is 0 Å². The first-order chi connectivity index (χ1) is 6.65. The van der Waals surface area contributed by atoms with E-state index >= 15 is 0 Å². The number of amides is 1. The Hall–Kier alpha value is -1.26. The molecule has 0 aromatic carbocycles. The molecule has 5 heteroatoms. The summed E-state index contributed by atoms with van der Waals surface area (Å²) in [5, 5.41) is 14.1. The zero-order valence-corrected chi connectivity index (χ0v) is 8.36. The van der Waals surface area contributed by atoms with Crippen molar-refractivity contribution < 1.29 is 10.0 Å². The molecule has 0 heterocycles. The lowest BCUT2D eigenvalue weighted by atomic mass is 10.1. The van der Waals surface area contributed by atoms with E-state index < -0.39 is 5.92 Å². The first-order valence-electron chi connectivity index (χ1n) is 4.93. The second kappa shape index (κ2) is 4.83. The van der Waals surface area contributed by atoms with Gasteiger partial charge in [-0.25, -0.2) is 0 Å². The van der Waals surface area contributed by atoms with Gasteiger partial charge in [0.1, 0.15) is 0 Å². The largest absolute Gasteiger partial charge is 0.409 e. The molecule has 1 saturated carbocycles. The van der Waals surface area contributed by atoms with Crippen LogP contribution in [-0.2, 0) is 4.79 Å². The van der Waals surface area contributed by atoms with Gasteiger partial charge in [-0.1, -0.05) is 18.0 Å². The first-order valence-corrected chi connectivity index (χ1v) is 4.93. The average Bonchev–Trinajstić information content (AvgIpc) is 2.68. The van der Waals surface area contributed by atoms with Gasteiger partial charge in [0, 0.05) is 6.04 Å². The van der Waals surface area contributed by atoms with E-state index in [1.165, 1.54) is 12.8 Å². The number of nitrogens with one attached hydrogen (secondary N) is 1. The Bertz CT molecular complexity index is 234. The molecule has 0 aromatic heterocycles. The van der Waals surface area contributed by atoms with Crippen molar-refractivity contribution in [3.63, 3.8) is 0 Å². The average molecular weight is 199 g/mol. The molecular formula is C9H17N3O2. The van der Waals surface area contributed by atoms with Crippen LogP contribution in [0, 0.1) is 5.92 Å². The summed E-state index contributed by atoms with van der Waals surface area (Å²) in [4.78, 5) is 11.5. The van der Waals surface area contributed by atoms with Gasteiger partial charge in [0.2, 0.25) is 5.91 Å². The van der Waals surface area contributed by atoms with Crippen molar-refractivity contribution in [2.24, 2.45) is 16.8 Å². The molecule has 4 N–H and O–H groups in total. The summed E-state index contributed by atoms with van der Waals surface area (Å²) in [6.07, 6.45) is 4.41. The molecule has 1 rings (SSSR count). The maximum Gasteiger partial charge on any atom is 0.230 e. The minimum atomic E-state index is -0.555. The SMILES string of the molecule is CC(C(=O)NC1CCCC1)/C(N)=N/O. The fourth-order valence-electron chi connectivity index (χ4n) is 1.62. The Morgan fingerprint density at radius 2 is 2.14 bits per heavy atom. The quantitative estimate of drug-likeness (QED) is 0.266. The fourth-order valence-corrected chi connectivity index (χ4v) is 1.62. The third-order valence-electron chi connectivity index (χ3n) is 2.65. The van der Waals surface area contributed by atoms with Crippen LogP contribution in [0.1, 0.15) is 32.6 Å². The molecule has 5 nitrogen and oxygen atoms in total. The Kier molecular flexibility index (Phi) is 3.73. The van der Waals surface area contributed by atoms with Gasteiger partial charge in [-0.05, 0) is 19.8 Å². The van der Waals surface area contributed by atoms with Gasteiger partial charge in [-0.15, -0.1) is 0 Å². The number of carbonyl (C=O) groups is 1. The number of hydrogen-bond donors (Lipinski definition) is 3. The lowest BCUT2D eigenvalue weighted by Crippen LogP contribution is -2.41. The van der Waals surface area contributed by atoms with Gasteiger partial charge in [0.05, 0.1) is 5.92 Å². The van der Waals surface area contributed by atoms with Crippen molar-refractivity contribution in [2.45, 2.75) is 38.6 Å². The Morgan fingerprint density at radius 1 is 1.57 bits per heavy atom. The summed E-state index contributed by atoms with van der Waals surface area (Å²) in [6, 6.07) is 0.274. The molecule has 1 amide bonds. The van der Waals surface area contributed by atoms with Gasteiger partial charge in [-0.2, -0.15) is 0 Å². The maximum absolute atomic E-state index is 11.5. The van der Waals surface area contributed by atoms with Crippen LogP contribution in [0.25, 0.3) is 0 Å². The predicted molar refractivity (Wildman–Crippen MR) is 53.0 cm³/mol. The van der Waals surface area contributed by atoms with Crippen LogP contribution < -0.4 is 11.1 Å². The Labute approximate surface area is 83.3 Å². The zero-order chi connectivity index (χ0) is 10.6. The van der Waals surface area contributed by atoms with Gasteiger partial charge in [0.15, 0.2) is 5.84 Å². The molecule has 0 aromatic rings. The summed E-state index contributed by atoms with van der Waals surface area (Å²) in [5.41, 5.74) is 5.33. The summed E-state index contributed by atoms with van der Waals surface area (Å²) in [5.74, 6) is -0.756. The van der Waals surface area contributed by atoms with Gasteiger partial charge in [-0.3, -0.25) is 4.79 Å². The van der Waals surface area contributed by atoms with Crippen molar-refractivity contribution in [1.29, 1.82) is 0 Å². The lowest BCUT2D eigenvalue weighted by molar-refractivity contribution is -0.123. The van der Waals surface area contributed by atoms with Crippen molar-refractivity contribution in [1.82, 2.24) is 5.32 Å². The van der Waals surface area contributed by atoms with E-state index in [-0.39, 0.29) is 17.8 Å². The Balaban J connectivity index is 2.40. The van der Waals surface area contributed by atoms with Crippen molar-refractivity contribution >= 4 is 11.7 Å². The van der Waals surface area contributed by atoms with E-state index in [0.717, 1.165) is 12.8 Å². The second-order valence-electron chi connectivity index (χ2n) is 3.74. The summed E-state index contributed by atoms with van der Waals surface area (Å²) < 4.78 is 0. The smallest absolute Gasteiger partial charge is 0.230 e. The molecule has 80 valence electrons. The van der Waals surface area contributed by atoms with Crippen LogP contribution in [0.3, 0.4) is 0 Å². The number of rotatable bonds is 3. The summed E-state index contributed by atoms with van der Waals surface area (Å²) in [6.45, 7) is 1.62. The van der Waals surface area contributed by atoms with Crippen LogP contribution in [-0.4, -0.2) is 23.0 Å². The monoisotopic (exact) mass is 199 g/mol. The first kappa shape index (κ1) is 10.8. The molecule has 14 heavy (non-hydrogen) atoms. The highest BCUT2D eigenvalue weighted by molar-refractivity contribution is 6.01. The molecule has 1 fully saturated rings. The van der Waals surface area contributed by atoms with Gasteiger partial charge >= 0.3 is 0 Å². The van der Waals surface area contributed by atoms with E-state index in [1.54, 1.807) is 6.92 Å². The van der Waals surface area contributed by atoms with Crippen LogP contribution in [0.15, 0.2) is 5.16 Å². The minimum Gasteiger partial charge on any atom is -0.409 e. The normalized spacial score (nSPS) is 20.8. The predicted octanol–water partition coefficient (Wildman–Crippen LogP) is 0.428. The van der Waals surface area contributed by atoms with Crippen LogP contribution in [0.5, 0.6) is 0 Å². The standard InChI is InChI=1S/C9H17N3O2/c1-6(8(10)12-14)9(13)11-7-4-2-3-5-7/h6-7,14H,2-5H2,1H3,(H2,10,12)(H,11,13). The lowest BCUT2D eigenvalue weighted by Gasteiger charge is -2.15. The maximum atomic E-state index is 11.5. The number of carbonyl (C=O) groups excluding carboxylic acids is 1. The highest BCUT2D eigenvalue weighted by Crippen LogP contribution is 2.17. The number of hydrogen-bond acceptors (Lipinski definition) is 3. The van der Waals surface area contributed by atoms with E-state index in [9.17, 15) is 4.79 Å². The molecule has 1 aliphatic rings. The molecule has 1 atom stereocenters. The minimum absolute atomic E-state index is 0.0412. The highest BCUT2D eigenvalue weighted by Gasteiger charge is 2.22. The van der Waals surface area contributed by atoms with Crippen molar-refractivity contribution in [3.8, 4) is 0 Å². The molecule has 0 spiro atoms. The van der Waals surface area contributed by atoms with Crippen molar-refractivity contribution in [3.05, 3.63) is 0 Å². The number of amidine groups is 1. The van der Waals surface area contributed by atoms with Crippen molar-refractivity contribution in [2.75, 3.05) is 0 Å². The third kappa shape index (κ3) is 2.61. The van der Waals surface area contributed by atoms with Crippen LogP contribution in [0.2, 0.25) is 0 Å². The molecule has 1 unspecified atom stereocenters. The van der Waals surface area contributed by atoms with E-state index in [2.05, 4.69) is 10.5 Å². The molecule has 0 radical (unpaired) electrons. The zero-order valence-electron chi connectivity index (χ0n) is 8.36. The van der Waals surface area contributed by atoms with E-state index in [4.69, 9.17) is 10.9 Å². The van der Waals surface area contributed by atoms with Crippen LogP contribution >= 0.6 is 0 Å². The molecule has 0 bridgehead atoms. The summed E-state index contributed by atoms with van der Waals surface area (Å²) >= 11 is 0. The van der Waals surface area contributed by atoms with Gasteiger partial charge < -0.3 is 16.3 Å². The third-order valence-corrected chi connectivity index (χ3v) is 2.65. The van der Waals surface area contributed by atoms with Crippen LogP contribution in [0.4, 0.5) is 0 Å². The molecule has 0 aliphatic heterocycles. The van der Waals surface area contributed by atoms with E-state index in [0.29, 0.717) is 0 Å². The number of nitrogens with two attached hydrogens (primary N) is 1. The second-order valence-corrected chi connectivity index (χ2v) is 3.74. The number of oxime groups is 1. The molecular weight excluding hydrogens is 182 g/mol. The molecule has 1 aliphatic carbocycles. The fraction of sp³-hybridized carbons (Fsp3) is 0.778. The highest BCUT2D eigenvalue weighted by atomic mass is 16.4. The molecule has 0 saturated heterocycles. The topological polar surface area (TPSA) is 87.7 Å². The summed E-state index contributed by atoms with van der Waals surface area (Å²) in [7, 11) is 0. The number of nitrogens with zero attached hydrogens (tertiary/aromatic N) is 1.